The maximum absolute atomic E-state index is 11.2. The second kappa shape index (κ2) is 10.00. The number of hydrogen-bond acceptors (Lipinski definition) is 7. The van der Waals surface area contributed by atoms with Crippen LogP contribution in [0.3, 0.4) is 0 Å². The maximum Gasteiger partial charge on any atom is 0.241 e. The van der Waals surface area contributed by atoms with E-state index in [0.29, 0.717) is 29.0 Å². The van der Waals surface area contributed by atoms with Gasteiger partial charge in [-0.05, 0) is 5.56 Å². The van der Waals surface area contributed by atoms with Gasteiger partial charge >= 0.3 is 0 Å². The standard InChI is InChI=1S/C17H20ClN7O/c1-20-15(26)11-21-9-13(7-19)24-17-23-10-14(18)16(25-17)22-8-12-5-3-2-4-6-12/h2-7,9-10H,8,11,19H2,1H3,(H,20,26)(H2,22,23,24,25). The van der Waals surface area contributed by atoms with Crippen LogP contribution in [0.4, 0.5) is 11.8 Å². The summed E-state index contributed by atoms with van der Waals surface area (Å²) in [5, 5.41) is 8.96. The van der Waals surface area contributed by atoms with Crippen LogP contribution in [0.5, 0.6) is 0 Å². The number of nitrogens with one attached hydrogen (secondary N) is 3. The van der Waals surface area contributed by atoms with Gasteiger partial charge in [-0.1, -0.05) is 41.9 Å². The molecule has 0 unspecified atom stereocenters. The van der Waals surface area contributed by atoms with E-state index in [4.69, 9.17) is 17.3 Å². The van der Waals surface area contributed by atoms with Gasteiger partial charge in [0.1, 0.15) is 11.6 Å². The lowest BCUT2D eigenvalue weighted by Crippen LogP contribution is -2.20. The predicted octanol–water partition coefficient (Wildman–Crippen LogP) is 1.77. The van der Waals surface area contributed by atoms with Crippen molar-refractivity contribution in [3.63, 3.8) is 0 Å². The highest BCUT2D eigenvalue weighted by Gasteiger charge is 2.06. The molecule has 1 aromatic heterocycles. The fraction of sp³-hybridized carbons (Fsp3) is 0.176. The number of aliphatic imine (C=N–C) groups is 1. The highest BCUT2D eigenvalue weighted by atomic mass is 35.5. The van der Waals surface area contributed by atoms with Crippen LogP contribution in [-0.4, -0.2) is 35.7 Å². The first-order chi connectivity index (χ1) is 12.6. The second-order valence-electron chi connectivity index (χ2n) is 5.12. The minimum absolute atomic E-state index is 0.000869. The van der Waals surface area contributed by atoms with Crippen LogP contribution < -0.4 is 21.7 Å². The Morgan fingerprint density at radius 1 is 1.35 bits per heavy atom. The summed E-state index contributed by atoms with van der Waals surface area (Å²) < 4.78 is 0. The second-order valence-corrected chi connectivity index (χ2v) is 5.53. The molecule has 1 aromatic carbocycles. The highest BCUT2D eigenvalue weighted by molar-refractivity contribution is 6.32. The molecule has 5 N–H and O–H groups in total. The Bertz CT molecular complexity index is 793. The van der Waals surface area contributed by atoms with E-state index in [9.17, 15) is 4.79 Å². The number of likely N-dealkylation sites (N-methyl/N-ethyl adjacent to an activating group) is 1. The van der Waals surface area contributed by atoms with Crippen LogP contribution in [0, 0.1) is 0 Å². The lowest BCUT2D eigenvalue weighted by Gasteiger charge is -2.10. The third-order valence-corrected chi connectivity index (χ3v) is 3.50. The van der Waals surface area contributed by atoms with Crippen LogP contribution in [0.1, 0.15) is 5.56 Å². The van der Waals surface area contributed by atoms with Gasteiger partial charge in [0.15, 0.2) is 5.82 Å². The summed E-state index contributed by atoms with van der Waals surface area (Å²) in [5.74, 6) is 0.590. The first-order valence-electron chi connectivity index (χ1n) is 7.82. The van der Waals surface area contributed by atoms with Crippen LogP contribution in [0.15, 0.2) is 53.4 Å². The lowest BCUT2D eigenvalue weighted by atomic mass is 10.2. The van der Waals surface area contributed by atoms with Crippen molar-refractivity contribution in [3.8, 4) is 0 Å². The molecule has 2 aromatic rings. The summed E-state index contributed by atoms with van der Waals surface area (Å²) >= 11 is 6.14. The summed E-state index contributed by atoms with van der Waals surface area (Å²) in [4.78, 5) is 23.6. The highest BCUT2D eigenvalue weighted by Crippen LogP contribution is 2.20. The molecular weight excluding hydrogens is 354 g/mol. The monoisotopic (exact) mass is 373 g/mol. The molecule has 0 aliphatic carbocycles. The minimum Gasteiger partial charge on any atom is -0.403 e. The van der Waals surface area contributed by atoms with Gasteiger partial charge in [0.25, 0.3) is 0 Å². The van der Waals surface area contributed by atoms with Crippen LogP contribution in [-0.2, 0) is 11.3 Å². The van der Waals surface area contributed by atoms with Crippen molar-refractivity contribution >= 4 is 35.5 Å². The normalized spacial score (nSPS) is 11.4. The number of aromatic nitrogens is 2. The first-order valence-corrected chi connectivity index (χ1v) is 8.20. The SMILES string of the molecule is CNC(=O)CN=CC(=CN)Nc1ncc(Cl)c(NCc2ccccc2)n1. The van der Waals surface area contributed by atoms with Crippen molar-refractivity contribution in [1.82, 2.24) is 15.3 Å². The summed E-state index contributed by atoms with van der Waals surface area (Å²) in [6.07, 6.45) is 4.23. The van der Waals surface area contributed by atoms with Crippen LogP contribution >= 0.6 is 11.6 Å². The van der Waals surface area contributed by atoms with Gasteiger partial charge in [0.2, 0.25) is 11.9 Å². The third kappa shape index (κ3) is 6.06. The maximum atomic E-state index is 11.2. The van der Waals surface area contributed by atoms with E-state index >= 15 is 0 Å². The molecule has 0 aliphatic heterocycles. The number of hydrogen-bond donors (Lipinski definition) is 4. The van der Waals surface area contributed by atoms with Crippen LogP contribution in [0.25, 0.3) is 0 Å². The molecule has 0 aliphatic rings. The average molecular weight is 374 g/mol. The third-order valence-electron chi connectivity index (χ3n) is 3.23. The van der Waals surface area contributed by atoms with E-state index in [-0.39, 0.29) is 12.5 Å². The van der Waals surface area contributed by atoms with E-state index in [2.05, 4.69) is 30.9 Å². The molecule has 9 heteroatoms. The molecule has 0 saturated heterocycles. The van der Waals surface area contributed by atoms with Crippen molar-refractivity contribution in [2.45, 2.75) is 6.54 Å². The number of anilines is 2. The van der Waals surface area contributed by atoms with E-state index in [1.165, 1.54) is 18.6 Å². The Hall–Kier alpha value is -3.13. The van der Waals surface area contributed by atoms with Crippen molar-refractivity contribution in [3.05, 3.63) is 59.0 Å². The Morgan fingerprint density at radius 2 is 2.12 bits per heavy atom. The number of allylic oxidation sites excluding steroid dienone is 1. The zero-order valence-electron chi connectivity index (χ0n) is 14.2. The van der Waals surface area contributed by atoms with Gasteiger partial charge < -0.3 is 21.7 Å². The number of amides is 1. The molecule has 26 heavy (non-hydrogen) atoms. The Labute approximate surface area is 156 Å². The number of benzene rings is 1. The Morgan fingerprint density at radius 3 is 2.81 bits per heavy atom. The molecule has 0 atom stereocenters. The van der Waals surface area contributed by atoms with Gasteiger partial charge in [-0.25, -0.2) is 4.98 Å². The van der Waals surface area contributed by atoms with Crippen molar-refractivity contribution < 1.29 is 4.79 Å². The number of rotatable bonds is 8. The van der Waals surface area contributed by atoms with Crippen molar-refractivity contribution in [2.24, 2.45) is 10.7 Å². The molecule has 0 bridgehead atoms. The fourth-order valence-electron chi connectivity index (χ4n) is 1.89. The number of nitrogens with zero attached hydrogens (tertiary/aromatic N) is 3. The van der Waals surface area contributed by atoms with Gasteiger partial charge in [0, 0.05) is 26.0 Å². The zero-order chi connectivity index (χ0) is 18.8. The summed E-state index contributed by atoms with van der Waals surface area (Å²) in [7, 11) is 1.54. The van der Waals surface area contributed by atoms with E-state index in [0.717, 1.165) is 5.56 Å². The van der Waals surface area contributed by atoms with Gasteiger partial charge in [-0.15, -0.1) is 0 Å². The quantitative estimate of drug-likeness (QED) is 0.524. The lowest BCUT2D eigenvalue weighted by molar-refractivity contribution is -0.119. The van der Waals surface area contributed by atoms with E-state index in [1.807, 2.05) is 30.3 Å². The van der Waals surface area contributed by atoms with Crippen molar-refractivity contribution in [1.29, 1.82) is 0 Å². The molecule has 2 rings (SSSR count). The first kappa shape index (κ1) is 19.2. The minimum atomic E-state index is -0.201. The van der Waals surface area contributed by atoms with Crippen molar-refractivity contribution in [2.75, 3.05) is 24.2 Å². The molecule has 1 amide bonds. The molecule has 8 nitrogen and oxygen atoms in total. The number of halogens is 1. The van der Waals surface area contributed by atoms with Gasteiger partial charge in [-0.3, -0.25) is 9.79 Å². The number of nitrogens with two attached hydrogens (primary N) is 1. The average Bonchev–Trinajstić information content (AvgIpc) is 2.68. The van der Waals surface area contributed by atoms with Gasteiger partial charge in [0.05, 0.1) is 11.9 Å². The summed E-state index contributed by atoms with van der Waals surface area (Å²) in [6, 6.07) is 9.87. The molecule has 136 valence electrons. The summed E-state index contributed by atoms with van der Waals surface area (Å²) in [5.41, 5.74) is 7.11. The van der Waals surface area contributed by atoms with Crippen LogP contribution in [0.2, 0.25) is 5.02 Å². The summed E-state index contributed by atoms with van der Waals surface area (Å²) in [6.45, 7) is 0.574. The molecule has 0 saturated carbocycles. The Balaban J connectivity index is 2.02. The molecule has 1 heterocycles. The molecule has 0 spiro atoms. The predicted molar refractivity (Wildman–Crippen MR) is 104 cm³/mol. The largest absolute Gasteiger partial charge is 0.403 e. The van der Waals surface area contributed by atoms with Gasteiger partial charge in [-0.2, -0.15) is 4.98 Å². The number of carbonyl (C=O) groups excluding carboxylic acids is 1. The van der Waals surface area contributed by atoms with E-state index < -0.39 is 0 Å². The molecular formula is C17H20ClN7O. The van der Waals surface area contributed by atoms with E-state index in [1.54, 1.807) is 7.05 Å². The smallest absolute Gasteiger partial charge is 0.241 e. The topological polar surface area (TPSA) is 117 Å². The molecule has 0 radical (unpaired) electrons. The fourth-order valence-corrected chi connectivity index (χ4v) is 2.04. The zero-order valence-corrected chi connectivity index (χ0v) is 15.0. The Kier molecular flexibility index (Phi) is 7.38. The molecule has 0 fully saturated rings. The number of carbonyl (C=O) groups is 1.